The van der Waals surface area contributed by atoms with E-state index in [1.807, 2.05) is 51.6 Å². The number of rotatable bonds is 4. The Morgan fingerprint density at radius 2 is 1.95 bits per heavy atom. The first kappa shape index (κ1) is 15.3. The van der Waals surface area contributed by atoms with E-state index < -0.39 is 0 Å². The Morgan fingerprint density at radius 3 is 2.52 bits per heavy atom. The molecule has 21 heavy (non-hydrogen) atoms. The lowest BCUT2D eigenvalue weighted by molar-refractivity contribution is -0.116. The number of nitrogens with zero attached hydrogens (tertiary/aromatic N) is 2. The van der Waals surface area contributed by atoms with Gasteiger partial charge in [-0.15, -0.1) is 0 Å². The van der Waals surface area contributed by atoms with Gasteiger partial charge in [-0.3, -0.25) is 9.48 Å². The molecule has 0 saturated heterocycles. The normalized spacial score (nSPS) is 10.7. The highest BCUT2D eigenvalue weighted by Crippen LogP contribution is 2.18. The number of aryl methyl sites for hydroxylation is 4. The molecule has 112 valence electrons. The minimum absolute atomic E-state index is 0.0459. The lowest BCUT2D eigenvalue weighted by atomic mass is 10.1. The van der Waals surface area contributed by atoms with Gasteiger partial charge in [-0.2, -0.15) is 5.10 Å². The molecular formula is C17H23N3O. The van der Waals surface area contributed by atoms with Gasteiger partial charge in [-0.1, -0.05) is 17.7 Å². The molecule has 1 aromatic carbocycles. The monoisotopic (exact) mass is 285 g/mol. The molecule has 1 amide bonds. The largest absolute Gasteiger partial charge is 0.326 e. The summed E-state index contributed by atoms with van der Waals surface area (Å²) in [5.41, 5.74) is 6.50. The smallest absolute Gasteiger partial charge is 0.224 e. The molecular weight excluding hydrogens is 262 g/mol. The zero-order chi connectivity index (χ0) is 15.6. The van der Waals surface area contributed by atoms with Gasteiger partial charge < -0.3 is 5.32 Å². The van der Waals surface area contributed by atoms with Crippen LogP contribution < -0.4 is 5.32 Å². The number of carbonyl (C=O) groups is 1. The highest BCUT2D eigenvalue weighted by atomic mass is 16.1. The fourth-order valence-corrected chi connectivity index (χ4v) is 2.58. The van der Waals surface area contributed by atoms with Gasteiger partial charge in [0.2, 0.25) is 5.91 Å². The van der Waals surface area contributed by atoms with Crippen molar-refractivity contribution >= 4 is 11.6 Å². The van der Waals surface area contributed by atoms with Gasteiger partial charge in [0.25, 0.3) is 0 Å². The van der Waals surface area contributed by atoms with Crippen molar-refractivity contribution in [1.29, 1.82) is 0 Å². The van der Waals surface area contributed by atoms with Gasteiger partial charge in [0, 0.05) is 24.8 Å². The van der Waals surface area contributed by atoms with E-state index in [1.54, 1.807) is 0 Å². The molecule has 1 N–H and O–H groups in total. The summed E-state index contributed by atoms with van der Waals surface area (Å²) >= 11 is 0. The van der Waals surface area contributed by atoms with Crippen molar-refractivity contribution in [3.8, 4) is 0 Å². The molecule has 0 unspecified atom stereocenters. The first-order valence-electron chi connectivity index (χ1n) is 7.24. The van der Waals surface area contributed by atoms with Crippen molar-refractivity contribution in [2.75, 3.05) is 5.32 Å². The third kappa shape index (κ3) is 3.51. The van der Waals surface area contributed by atoms with E-state index in [-0.39, 0.29) is 5.91 Å². The van der Waals surface area contributed by atoms with Gasteiger partial charge >= 0.3 is 0 Å². The predicted molar refractivity (Wildman–Crippen MR) is 85.5 cm³/mol. The van der Waals surface area contributed by atoms with Gasteiger partial charge in [0.1, 0.15) is 0 Å². The van der Waals surface area contributed by atoms with Crippen LogP contribution in [0, 0.1) is 27.7 Å². The molecule has 0 aliphatic carbocycles. The lowest BCUT2D eigenvalue weighted by Gasteiger charge is -2.09. The number of carbonyl (C=O) groups excluding carboxylic acids is 1. The Balaban J connectivity index is 1.99. The summed E-state index contributed by atoms with van der Waals surface area (Å²) in [4.78, 5) is 12.1. The van der Waals surface area contributed by atoms with Crippen LogP contribution in [0.3, 0.4) is 0 Å². The molecule has 0 saturated carbocycles. The van der Waals surface area contributed by atoms with E-state index >= 15 is 0 Å². The third-order valence-electron chi connectivity index (χ3n) is 3.92. The molecule has 2 rings (SSSR count). The molecule has 0 radical (unpaired) electrons. The predicted octanol–water partition coefficient (Wildman–Crippen LogP) is 3.23. The second-order valence-electron chi connectivity index (χ2n) is 5.64. The topological polar surface area (TPSA) is 46.9 Å². The Labute approximate surface area is 126 Å². The van der Waals surface area contributed by atoms with E-state index in [0.29, 0.717) is 6.42 Å². The van der Waals surface area contributed by atoms with Gasteiger partial charge in [0.15, 0.2) is 0 Å². The number of aromatic nitrogens is 2. The summed E-state index contributed by atoms with van der Waals surface area (Å²) in [6.45, 7) is 8.09. The highest BCUT2D eigenvalue weighted by Gasteiger charge is 2.12. The molecule has 0 aliphatic heterocycles. The van der Waals surface area contributed by atoms with E-state index in [1.165, 1.54) is 11.1 Å². The van der Waals surface area contributed by atoms with Gasteiger partial charge in [-0.05, 0) is 51.3 Å². The molecule has 0 bridgehead atoms. The van der Waals surface area contributed by atoms with Crippen molar-refractivity contribution in [1.82, 2.24) is 9.78 Å². The van der Waals surface area contributed by atoms with E-state index in [4.69, 9.17) is 0 Å². The molecule has 0 atom stereocenters. The van der Waals surface area contributed by atoms with Crippen LogP contribution in [0.5, 0.6) is 0 Å². The Bertz CT molecular complexity index is 671. The summed E-state index contributed by atoms with van der Waals surface area (Å²) < 4.78 is 1.87. The lowest BCUT2D eigenvalue weighted by Crippen LogP contribution is -2.13. The maximum atomic E-state index is 12.1. The molecule has 0 spiro atoms. The molecule has 1 aromatic heterocycles. The summed E-state index contributed by atoms with van der Waals surface area (Å²) in [6.07, 6.45) is 1.20. The summed E-state index contributed by atoms with van der Waals surface area (Å²) in [5.74, 6) is 0.0459. The standard InChI is InChI=1S/C17H23N3O/c1-11-6-8-16(12(2)10-11)18-17(21)9-7-15-13(3)19-20(5)14(15)4/h6,8,10H,7,9H2,1-5H3,(H,18,21). The Kier molecular flexibility index (Phi) is 4.46. The Hall–Kier alpha value is -2.10. The highest BCUT2D eigenvalue weighted by molar-refractivity contribution is 5.91. The molecule has 0 fully saturated rings. The van der Waals surface area contributed by atoms with Crippen LogP contribution in [0.1, 0.15) is 34.5 Å². The minimum atomic E-state index is 0.0459. The molecule has 2 aromatic rings. The van der Waals surface area contributed by atoms with E-state index in [9.17, 15) is 4.79 Å². The number of hydrogen-bond acceptors (Lipinski definition) is 2. The first-order valence-corrected chi connectivity index (χ1v) is 7.24. The fraction of sp³-hybridized carbons (Fsp3) is 0.412. The number of hydrogen-bond donors (Lipinski definition) is 1. The Morgan fingerprint density at radius 1 is 1.24 bits per heavy atom. The molecule has 0 aliphatic rings. The second kappa shape index (κ2) is 6.12. The van der Waals surface area contributed by atoms with E-state index in [2.05, 4.69) is 16.5 Å². The average molecular weight is 285 g/mol. The fourth-order valence-electron chi connectivity index (χ4n) is 2.58. The summed E-state index contributed by atoms with van der Waals surface area (Å²) in [7, 11) is 1.93. The maximum Gasteiger partial charge on any atom is 0.224 e. The van der Waals surface area contributed by atoms with Crippen LogP contribution in [-0.2, 0) is 18.3 Å². The van der Waals surface area contributed by atoms with Crippen LogP contribution in [-0.4, -0.2) is 15.7 Å². The maximum absolute atomic E-state index is 12.1. The summed E-state index contributed by atoms with van der Waals surface area (Å²) in [5, 5.41) is 7.37. The number of amides is 1. The molecule has 4 heteroatoms. The van der Waals surface area contributed by atoms with Crippen molar-refractivity contribution < 1.29 is 4.79 Å². The van der Waals surface area contributed by atoms with Crippen molar-refractivity contribution in [2.24, 2.45) is 7.05 Å². The van der Waals surface area contributed by atoms with Crippen molar-refractivity contribution in [3.05, 3.63) is 46.3 Å². The van der Waals surface area contributed by atoms with Crippen LogP contribution in [0.2, 0.25) is 0 Å². The van der Waals surface area contributed by atoms with Crippen molar-refractivity contribution in [2.45, 2.75) is 40.5 Å². The van der Waals surface area contributed by atoms with Crippen molar-refractivity contribution in [3.63, 3.8) is 0 Å². The average Bonchev–Trinajstić information content (AvgIpc) is 2.65. The second-order valence-corrected chi connectivity index (χ2v) is 5.64. The summed E-state index contributed by atoms with van der Waals surface area (Å²) in [6, 6.07) is 6.05. The third-order valence-corrected chi connectivity index (χ3v) is 3.92. The molecule has 1 heterocycles. The zero-order valence-corrected chi connectivity index (χ0v) is 13.4. The van der Waals surface area contributed by atoms with Gasteiger partial charge in [0.05, 0.1) is 5.69 Å². The quantitative estimate of drug-likeness (QED) is 0.937. The molecule has 4 nitrogen and oxygen atoms in total. The first-order chi connectivity index (χ1) is 9.88. The van der Waals surface area contributed by atoms with Crippen LogP contribution in [0.15, 0.2) is 18.2 Å². The zero-order valence-electron chi connectivity index (χ0n) is 13.4. The van der Waals surface area contributed by atoms with E-state index in [0.717, 1.165) is 29.1 Å². The number of anilines is 1. The van der Waals surface area contributed by atoms with Crippen LogP contribution in [0.4, 0.5) is 5.69 Å². The number of nitrogens with one attached hydrogen (secondary N) is 1. The van der Waals surface area contributed by atoms with Crippen LogP contribution >= 0.6 is 0 Å². The minimum Gasteiger partial charge on any atom is -0.326 e. The van der Waals surface area contributed by atoms with Crippen LogP contribution in [0.25, 0.3) is 0 Å². The SMILES string of the molecule is Cc1ccc(NC(=O)CCc2c(C)nn(C)c2C)c(C)c1. The van der Waals surface area contributed by atoms with Gasteiger partial charge in [-0.25, -0.2) is 0 Å². The number of benzene rings is 1.